The van der Waals surface area contributed by atoms with Crippen molar-refractivity contribution < 1.29 is 30.2 Å². The molecule has 0 aromatic heterocycles. The lowest BCUT2D eigenvalue weighted by Gasteiger charge is -2.32. The van der Waals surface area contributed by atoms with Crippen LogP contribution in [0.2, 0.25) is 5.02 Å². The topological polar surface area (TPSA) is 141 Å². The van der Waals surface area contributed by atoms with Gasteiger partial charge in [0.1, 0.15) is 5.84 Å². The van der Waals surface area contributed by atoms with Crippen molar-refractivity contribution in [3.63, 3.8) is 0 Å². The Morgan fingerprint density at radius 2 is 1.84 bits per heavy atom. The Bertz CT molecular complexity index is 1020. The van der Waals surface area contributed by atoms with Crippen molar-refractivity contribution in [2.45, 2.75) is 0 Å². The van der Waals surface area contributed by atoms with Gasteiger partial charge in [0, 0.05) is 22.3 Å². The van der Waals surface area contributed by atoms with Gasteiger partial charge in [-0.05, 0) is 36.4 Å². The van der Waals surface area contributed by atoms with Crippen LogP contribution in [0.4, 0.5) is 17.1 Å². The molecule has 2 aliphatic heterocycles. The second-order valence-corrected chi connectivity index (χ2v) is 7.64. The number of quaternary nitrogens is 1. The number of nitrogens with zero attached hydrogens (tertiary/aromatic N) is 2. The summed E-state index contributed by atoms with van der Waals surface area (Å²) in [5.74, 6) is -1.76. The van der Waals surface area contributed by atoms with E-state index in [1.807, 2.05) is 18.2 Å². The van der Waals surface area contributed by atoms with E-state index in [1.54, 1.807) is 4.90 Å². The number of benzene rings is 2. The van der Waals surface area contributed by atoms with Crippen molar-refractivity contribution in [3.8, 4) is 0 Å². The smallest absolute Gasteiger partial charge is 0.328 e. The SMILES string of the molecule is C[NH+]1CCN(C2=Nc3cc(Cl)ccc3Nc3ccccc32)CC1.O.O=C([O-])/C=C\C(=O)O. The van der Waals surface area contributed by atoms with Gasteiger partial charge in [0.2, 0.25) is 0 Å². The van der Waals surface area contributed by atoms with Gasteiger partial charge in [-0.25, -0.2) is 9.79 Å². The quantitative estimate of drug-likeness (QED) is 0.532. The number of likely N-dealkylation sites (N-methyl/N-ethyl adjacent to an activating group) is 1. The van der Waals surface area contributed by atoms with Crippen LogP contribution < -0.4 is 15.3 Å². The molecule has 0 amide bonds. The van der Waals surface area contributed by atoms with Gasteiger partial charge in [-0.15, -0.1) is 0 Å². The second kappa shape index (κ2) is 11.3. The van der Waals surface area contributed by atoms with Crippen LogP contribution in [-0.2, 0) is 9.59 Å². The normalized spacial score (nSPS) is 15.1. The Labute approximate surface area is 190 Å². The lowest BCUT2D eigenvalue weighted by Crippen LogP contribution is -3.12. The molecule has 9 nitrogen and oxygen atoms in total. The zero-order valence-electron chi connectivity index (χ0n) is 17.5. The number of aliphatic imine (C=N–C) groups is 1. The fourth-order valence-corrected chi connectivity index (χ4v) is 3.46. The first-order valence-corrected chi connectivity index (χ1v) is 10.1. The number of carbonyl (C=O) groups is 2. The molecule has 2 aromatic rings. The number of piperazine rings is 1. The molecule has 2 heterocycles. The Kier molecular flexibility index (Phi) is 8.77. The van der Waals surface area contributed by atoms with E-state index in [-0.39, 0.29) is 5.48 Å². The van der Waals surface area contributed by atoms with Gasteiger partial charge in [0.25, 0.3) is 0 Å². The summed E-state index contributed by atoms with van der Waals surface area (Å²) in [6.07, 6.45) is 0.942. The van der Waals surface area contributed by atoms with Gasteiger partial charge in [0.15, 0.2) is 0 Å². The average molecular weight is 461 g/mol. The number of anilines is 2. The van der Waals surface area contributed by atoms with Crippen molar-refractivity contribution in [2.75, 3.05) is 38.5 Å². The molecule has 1 saturated heterocycles. The highest BCUT2D eigenvalue weighted by molar-refractivity contribution is 6.31. The molecule has 4 rings (SSSR count). The Morgan fingerprint density at radius 1 is 1.16 bits per heavy atom. The molecule has 2 aliphatic rings. The number of para-hydroxylation sites is 1. The number of hydrogen-bond donors (Lipinski definition) is 3. The van der Waals surface area contributed by atoms with Gasteiger partial charge in [-0.2, -0.15) is 0 Å². The van der Waals surface area contributed by atoms with Crippen LogP contribution >= 0.6 is 11.6 Å². The molecule has 0 spiro atoms. The summed E-state index contributed by atoms with van der Waals surface area (Å²) in [6.45, 7) is 4.32. The minimum absolute atomic E-state index is 0. The monoisotopic (exact) mass is 460 g/mol. The minimum Gasteiger partial charge on any atom is -0.545 e. The lowest BCUT2D eigenvalue weighted by atomic mass is 10.1. The van der Waals surface area contributed by atoms with Crippen molar-refractivity contribution in [1.29, 1.82) is 0 Å². The number of aliphatic carboxylic acids is 2. The number of halogens is 1. The number of nitrogens with one attached hydrogen (secondary N) is 2. The predicted molar refractivity (Wildman–Crippen MR) is 121 cm³/mol. The van der Waals surface area contributed by atoms with Crippen LogP contribution in [0.3, 0.4) is 0 Å². The number of rotatable bonds is 2. The molecule has 0 unspecified atom stereocenters. The molecule has 0 radical (unpaired) electrons. The highest BCUT2D eigenvalue weighted by Gasteiger charge is 2.25. The summed E-state index contributed by atoms with van der Waals surface area (Å²) in [7, 11) is 2.25. The van der Waals surface area contributed by atoms with Crippen molar-refractivity contribution in [1.82, 2.24) is 4.90 Å². The Hall–Kier alpha value is -3.40. The van der Waals surface area contributed by atoms with Crippen molar-refractivity contribution in [3.05, 3.63) is 65.2 Å². The van der Waals surface area contributed by atoms with E-state index >= 15 is 0 Å². The first-order valence-electron chi connectivity index (χ1n) is 9.76. The molecule has 0 atom stereocenters. The van der Waals surface area contributed by atoms with E-state index in [0.717, 1.165) is 54.6 Å². The number of carboxylic acids is 2. The molecular weight excluding hydrogens is 436 g/mol. The maximum atomic E-state index is 9.53. The van der Waals surface area contributed by atoms with Gasteiger partial charge < -0.3 is 35.6 Å². The van der Waals surface area contributed by atoms with Gasteiger partial charge in [-0.3, -0.25) is 0 Å². The summed E-state index contributed by atoms with van der Waals surface area (Å²) in [5.41, 5.74) is 4.14. The number of carbonyl (C=O) groups excluding carboxylic acids is 1. The van der Waals surface area contributed by atoms with Gasteiger partial charge in [-0.1, -0.05) is 23.7 Å². The highest BCUT2D eigenvalue weighted by Crippen LogP contribution is 2.36. The van der Waals surface area contributed by atoms with Gasteiger partial charge in [0.05, 0.1) is 50.6 Å². The third-order valence-electron chi connectivity index (χ3n) is 4.90. The number of carboxylic acid groups (broad SMARTS) is 2. The zero-order valence-corrected chi connectivity index (χ0v) is 18.2. The largest absolute Gasteiger partial charge is 0.545 e. The second-order valence-electron chi connectivity index (χ2n) is 7.20. The molecule has 10 heteroatoms. The summed E-state index contributed by atoms with van der Waals surface area (Å²) >= 11 is 6.18. The summed E-state index contributed by atoms with van der Waals surface area (Å²) in [6, 6.07) is 14.2. The van der Waals surface area contributed by atoms with Crippen LogP contribution in [0.15, 0.2) is 59.6 Å². The molecule has 32 heavy (non-hydrogen) atoms. The van der Waals surface area contributed by atoms with Gasteiger partial charge >= 0.3 is 5.97 Å². The van der Waals surface area contributed by atoms with E-state index in [9.17, 15) is 14.7 Å². The number of fused-ring (bicyclic) bond motifs is 2. The average Bonchev–Trinajstić information content (AvgIpc) is 2.90. The molecule has 0 bridgehead atoms. The molecule has 0 saturated carbocycles. The Morgan fingerprint density at radius 3 is 2.47 bits per heavy atom. The predicted octanol–water partition coefficient (Wildman–Crippen LogP) is -0.142. The summed E-state index contributed by atoms with van der Waals surface area (Å²) < 4.78 is 0. The molecular formula is C22H25ClN4O5. The molecule has 5 N–H and O–H groups in total. The van der Waals surface area contributed by atoms with E-state index in [4.69, 9.17) is 21.7 Å². The van der Waals surface area contributed by atoms with E-state index in [2.05, 4.69) is 41.5 Å². The van der Waals surface area contributed by atoms with Crippen molar-refractivity contribution >= 4 is 46.4 Å². The standard InChI is InChI=1S/C18H19ClN4.C4H4O4.H2O/c1-22-8-10-23(11-9-22)18-14-4-2-3-5-15(14)20-16-7-6-13(19)12-17(16)21-18;5-3(6)1-2-4(7)8;/h2-7,12,20H,8-11H2,1H3;1-2H,(H,5,6)(H,7,8);1H2/b;2-1-;. The van der Waals surface area contributed by atoms with E-state index in [1.165, 1.54) is 0 Å². The molecule has 1 fully saturated rings. The molecule has 170 valence electrons. The maximum Gasteiger partial charge on any atom is 0.328 e. The van der Waals surface area contributed by atoms with Crippen LogP contribution in [0, 0.1) is 0 Å². The van der Waals surface area contributed by atoms with E-state index in [0.29, 0.717) is 17.2 Å². The third kappa shape index (κ3) is 6.55. The number of amidine groups is 1. The van der Waals surface area contributed by atoms with Crippen molar-refractivity contribution in [2.24, 2.45) is 4.99 Å². The summed E-state index contributed by atoms with van der Waals surface area (Å²) in [4.78, 5) is 27.9. The van der Waals surface area contributed by atoms with Crippen LogP contribution in [0.1, 0.15) is 5.56 Å². The highest BCUT2D eigenvalue weighted by atomic mass is 35.5. The lowest BCUT2D eigenvalue weighted by molar-refractivity contribution is -0.883. The van der Waals surface area contributed by atoms with Crippen LogP contribution in [-0.4, -0.2) is 66.5 Å². The van der Waals surface area contributed by atoms with Crippen LogP contribution in [0.5, 0.6) is 0 Å². The fraction of sp³-hybridized carbons (Fsp3) is 0.227. The summed E-state index contributed by atoms with van der Waals surface area (Å²) in [5, 5.41) is 21.4. The minimum atomic E-state index is -1.51. The van der Waals surface area contributed by atoms with Crippen LogP contribution in [0.25, 0.3) is 0 Å². The Balaban J connectivity index is 0.000000350. The third-order valence-corrected chi connectivity index (χ3v) is 5.14. The zero-order chi connectivity index (χ0) is 22.4. The molecule has 0 aliphatic carbocycles. The maximum absolute atomic E-state index is 9.53. The first kappa shape index (κ1) is 24.9. The molecule has 2 aromatic carbocycles. The van der Waals surface area contributed by atoms with E-state index < -0.39 is 11.9 Å². The first-order chi connectivity index (χ1) is 14.8. The number of hydrogen-bond acceptors (Lipinski definition) is 6. The fourth-order valence-electron chi connectivity index (χ4n) is 3.29.